The van der Waals surface area contributed by atoms with E-state index < -0.39 is 0 Å². The molecule has 1 heteroatoms. The van der Waals surface area contributed by atoms with Gasteiger partial charge < -0.3 is 5.11 Å². The third-order valence-electron chi connectivity index (χ3n) is 3.95. The van der Waals surface area contributed by atoms with Crippen molar-refractivity contribution in [1.82, 2.24) is 0 Å². The van der Waals surface area contributed by atoms with Crippen molar-refractivity contribution in [3.63, 3.8) is 0 Å². The highest BCUT2D eigenvalue weighted by molar-refractivity contribution is 5.43. The van der Waals surface area contributed by atoms with Crippen molar-refractivity contribution in [2.45, 2.75) is 25.7 Å². The number of rotatable bonds is 1. The summed E-state index contributed by atoms with van der Waals surface area (Å²) < 4.78 is 0. The largest absolute Gasteiger partial charge is 0.508 e. The molecule has 3 atom stereocenters. The molecular formula is C14H16O. The van der Waals surface area contributed by atoms with Crippen LogP contribution < -0.4 is 0 Å². The van der Waals surface area contributed by atoms with Gasteiger partial charge >= 0.3 is 0 Å². The van der Waals surface area contributed by atoms with Crippen molar-refractivity contribution in [2.75, 3.05) is 0 Å². The van der Waals surface area contributed by atoms with Crippen LogP contribution >= 0.6 is 0 Å². The van der Waals surface area contributed by atoms with Gasteiger partial charge in [-0.3, -0.25) is 0 Å². The van der Waals surface area contributed by atoms with Crippen molar-refractivity contribution in [3.8, 4) is 5.75 Å². The van der Waals surface area contributed by atoms with Crippen LogP contribution in [0.25, 0.3) is 0 Å². The fraction of sp³-hybridized carbons (Fsp3) is 0.429. The molecule has 3 unspecified atom stereocenters. The van der Waals surface area contributed by atoms with Gasteiger partial charge in [-0.25, -0.2) is 0 Å². The average molecular weight is 200 g/mol. The number of hydrogen-bond donors (Lipinski definition) is 1. The average Bonchev–Trinajstić information content (AvgIpc) is 2.79. The van der Waals surface area contributed by atoms with E-state index in [9.17, 15) is 5.11 Å². The standard InChI is InChI=1S/C14H16O/c1-9-3-2-4-13(15)14(9)12-8-10-5-6-11(12)7-10/h2-6,10-12,15H,7-8H2,1H3. The third-order valence-corrected chi connectivity index (χ3v) is 3.95. The molecule has 0 aromatic heterocycles. The van der Waals surface area contributed by atoms with Gasteiger partial charge in [-0.2, -0.15) is 0 Å². The zero-order valence-electron chi connectivity index (χ0n) is 8.98. The summed E-state index contributed by atoms with van der Waals surface area (Å²) in [6, 6.07) is 5.85. The zero-order valence-corrected chi connectivity index (χ0v) is 8.98. The van der Waals surface area contributed by atoms with E-state index in [1.165, 1.54) is 24.0 Å². The number of hydrogen-bond acceptors (Lipinski definition) is 1. The number of phenols is 1. The van der Waals surface area contributed by atoms with Crippen molar-refractivity contribution in [1.29, 1.82) is 0 Å². The van der Waals surface area contributed by atoms with Gasteiger partial charge in [0, 0.05) is 5.56 Å². The molecule has 0 aliphatic heterocycles. The Labute approximate surface area is 90.4 Å². The van der Waals surface area contributed by atoms with Crippen LogP contribution in [0, 0.1) is 18.8 Å². The highest BCUT2D eigenvalue weighted by Gasteiger charge is 2.38. The molecule has 1 saturated carbocycles. The van der Waals surface area contributed by atoms with Gasteiger partial charge in [-0.1, -0.05) is 24.3 Å². The third kappa shape index (κ3) is 1.30. The minimum Gasteiger partial charge on any atom is -0.508 e. The number of aromatic hydroxyl groups is 1. The smallest absolute Gasteiger partial charge is 0.119 e. The molecule has 0 spiro atoms. The monoisotopic (exact) mass is 200 g/mol. The first kappa shape index (κ1) is 9.02. The summed E-state index contributed by atoms with van der Waals surface area (Å²) in [5.74, 6) is 2.48. The highest BCUT2D eigenvalue weighted by atomic mass is 16.3. The lowest BCUT2D eigenvalue weighted by Crippen LogP contribution is -2.06. The number of phenolic OH excluding ortho intramolecular Hbond substituents is 1. The fourth-order valence-corrected chi connectivity index (χ4v) is 3.26. The minimum absolute atomic E-state index is 0.487. The van der Waals surface area contributed by atoms with Crippen molar-refractivity contribution >= 4 is 0 Å². The van der Waals surface area contributed by atoms with Gasteiger partial charge in [0.15, 0.2) is 0 Å². The lowest BCUT2D eigenvalue weighted by molar-refractivity contribution is 0.450. The van der Waals surface area contributed by atoms with Crippen LogP contribution in [0.5, 0.6) is 5.75 Å². The summed E-state index contributed by atoms with van der Waals surface area (Å²) in [6.07, 6.45) is 7.19. The normalized spacial score (nSPS) is 32.5. The molecule has 2 aliphatic carbocycles. The second kappa shape index (κ2) is 3.13. The Balaban J connectivity index is 2.03. The Kier molecular flexibility index (Phi) is 1.88. The molecule has 1 N–H and O–H groups in total. The molecule has 0 radical (unpaired) electrons. The second-order valence-electron chi connectivity index (χ2n) is 4.89. The van der Waals surface area contributed by atoms with Gasteiger partial charge in [0.05, 0.1) is 0 Å². The topological polar surface area (TPSA) is 20.2 Å². The summed E-state index contributed by atoms with van der Waals surface area (Å²) in [5.41, 5.74) is 2.43. The number of benzene rings is 1. The van der Waals surface area contributed by atoms with E-state index in [2.05, 4.69) is 25.1 Å². The van der Waals surface area contributed by atoms with Crippen LogP contribution in [0.2, 0.25) is 0 Å². The fourth-order valence-electron chi connectivity index (χ4n) is 3.26. The van der Waals surface area contributed by atoms with Crippen LogP contribution in [0.1, 0.15) is 29.9 Å². The Bertz CT molecular complexity index is 399. The van der Waals surface area contributed by atoms with E-state index in [0.717, 1.165) is 5.92 Å². The summed E-state index contributed by atoms with van der Waals surface area (Å²) in [7, 11) is 0. The van der Waals surface area contributed by atoms with E-state index >= 15 is 0 Å². The maximum Gasteiger partial charge on any atom is 0.119 e. The minimum atomic E-state index is 0.487. The van der Waals surface area contributed by atoms with Gasteiger partial charge in [-0.15, -0.1) is 0 Å². The van der Waals surface area contributed by atoms with Crippen LogP contribution in [-0.4, -0.2) is 5.11 Å². The van der Waals surface area contributed by atoms with Gasteiger partial charge in [0.1, 0.15) is 5.75 Å². The number of aryl methyl sites for hydroxylation is 1. The molecule has 2 bridgehead atoms. The summed E-state index contributed by atoms with van der Waals surface area (Å²) >= 11 is 0. The predicted octanol–water partition coefficient (Wildman–Crippen LogP) is 3.38. The lowest BCUT2D eigenvalue weighted by Gasteiger charge is -2.21. The first-order valence-corrected chi connectivity index (χ1v) is 5.72. The molecule has 1 aromatic carbocycles. The van der Waals surface area contributed by atoms with Gasteiger partial charge in [0.2, 0.25) is 0 Å². The predicted molar refractivity (Wildman–Crippen MR) is 60.9 cm³/mol. The maximum absolute atomic E-state index is 9.96. The van der Waals surface area contributed by atoms with Crippen LogP contribution in [0.4, 0.5) is 0 Å². The Morgan fingerprint density at radius 3 is 2.67 bits per heavy atom. The Hall–Kier alpha value is -1.24. The van der Waals surface area contributed by atoms with Crippen molar-refractivity contribution in [3.05, 3.63) is 41.5 Å². The Morgan fingerprint density at radius 2 is 2.07 bits per heavy atom. The van der Waals surface area contributed by atoms with E-state index in [0.29, 0.717) is 17.6 Å². The molecule has 78 valence electrons. The molecule has 3 rings (SSSR count). The summed E-state index contributed by atoms with van der Waals surface area (Å²) in [5, 5.41) is 9.96. The van der Waals surface area contributed by atoms with E-state index in [1.54, 1.807) is 0 Å². The van der Waals surface area contributed by atoms with Crippen molar-refractivity contribution in [2.24, 2.45) is 11.8 Å². The highest BCUT2D eigenvalue weighted by Crippen LogP contribution is 2.51. The molecule has 1 fully saturated rings. The van der Waals surface area contributed by atoms with Gasteiger partial charge in [-0.05, 0) is 49.1 Å². The molecule has 15 heavy (non-hydrogen) atoms. The summed E-state index contributed by atoms with van der Waals surface area (Å²) in [4.78, 5) is 0. The summed E-state index contributed by atoms with van der Waals surface area (Å²) in [6.45, 7) is 2.10. The van der Waals surface area contributed by atoms with Crippen LogP contribution in [0.3, 0.4) is 0 Å². The molecule has 0 heterocycles. The lowest BCUT2D eigenvalue weighted by atomic mass is 9.84. The SMILES string of the molecule is Cc1cccc(O)c1C1CC2C=CC1C2. The molecule has 1 aromatic rings. The molecule has 1 nitrogen and oxygen atoms in total. The second-order valence-corrected chi connectivity index (χ2v) is 4.89. The Morgan fingerprint density at radius 1 is 1.20 bits per heavy atom. The zero-order chi connectivity index (χ0) is 10.4. The molecular weight excluding hydrogens is 184 g/mol. The van der Waals surface area contributed by atoms with E-state index in [4.69, 9.17) is 0 Å². The number of fused-ring (bicyclic) bond motifs is 2. The van der Waals surface area contributed by atoms with Gasteiger partial charge in [0.25, 0.3) is 0 Å². The van der Waals surface area contributed by atoms with E-state index in [-0.39, 0.29) is 0 Å². The molecule has 0 amide bonds. The van der Waals surface area contributed by atoms with Crippen LogP contribution in [0.15, 0.2) is 30.4 Å². The first-order chi connectivity index (χ1) is 7.25. The first-order valence-electron chi connectivity index (χ1n) is 5.72. The van der Waals surface area contributed by atoms with E-state index in [1.807, 2.05) is 12.1 Å². The number of allylic oxidation sites excluding steroid dienone is 2. The molecule has 2 aliphatic rings. The maximum atomic E-state index is 9.96. The van der Waals surface area contributed by atoms with Crippen molar-refractivity contribution < 1.29 is 5.11 Å². The quantitative estimate of drug-likeness (QED) is 0.689. The molecule has 0 saturated heterocycles. The van der Waals surface area contributed by atoms with Crippen LogP contribution in [-0.2, 0) is 0 Å².